The Morgan fingerprint density at radius 3 is 2.62 bits per heavy atom. The highest BCUT2D eigenvalue weighted by atomic mass is 16.5. The molecule has 2 aliphatic rings. The maximum atomic E-state index is 11.6. The minimum Gasteiger partial charge on any atom is -0.475 e. The Morgan fingerprint density at radius 1 is 1.29 bits per heavy atom. The number of aromatic nitrogens is 2. The summed E-state index contributed by atoms with van der Waals surface area (Å²) in [6.07, 6.45) is 4.74. The maximum Gasteiger partial charge on any atom is 0.372 e. The van der Waals surface area contributed by atoms with Gasteiger partial charge >= 0.3 is 11.9 Å². The molecule has 0 bridgehead atoms. The molecule has 1 aliphatic heterocycles. The zero-order valence-corrected chi connectivity index (χ0v) is 14.3. The third-order valence-corrected chi connectivity index (χ3v) is 5.42. The van der Waals surface area contributed by atoms with Crippen molar-refractivity contribution in [3.63, 3.8) is 0 Å². The zero-order valence-electron chi connectivity index (χ0n) is 14.3. The first-order valence-corrected chi connectivity index (χ1v) is 8.57. The Hall–Kier alpha value is -1.89. The smallest absolute Gasteiger partial charge is 0.372 e. The average Bonchev–Trinajstić information content (AvgIpc) is 2.91. The Balaban J connectivity index is 1.56. The monoisotopic (exact) mass is 335 g/mol. The summed E-state index contributed by atoms with van der Waals surface area (Å²) in [5, 5.41) is 9.20. The summed E-state index contributed by atoms with van der Waals surface area (Å²) in [6.45, 7) is 2.64. The van der Waals surface area contributed by atoms with Gasteiger partial charge in [0.1, 0.15) is 0 Å². The highest BCUT2D eigenvalue weighted by molar-refractivity contribution is 5.83. The van der Waals surface area contributed by atoms with Crippen molar-refractivity contribution in [1.29, 1.82) is 0 Å². The highest BCUT2D eigenvalue weighted by Gasteiger charge is 2.30. The van der Waals surface area contributed by atoms with E-state index in [1.165, 1.54) is 7.11 Å². The molecule has 1 aliphatic carbocycles. The summed E-state index contributed by atoms with van der Waals surface area (Å²) >= 11 is 0. The fourth-order valence-electron chi connectivity index (χ4n) is 4.04. The second kappa shape index (κ2) is 6.93. The van der Waals surface area contributed by atoms with Gasteiger partial charge in [-0.1, -0.05) is 0 Å². The molecule has 1 N–H and O–H groups in total. The van der Waals surface area contributed by atoms with Gasteiger partial charge in [0.2, 0.25) is 5.82 Å². The van der Waals surface area contributed by atoms with Crippen LogP contribution in [0.1, 0.15) is 47.7 Å². The molecule has 7 nitrogen and oxygen atoms in total. The van der Waals surface area contributed by atoms with Crippen LogP contribution in [0.5, 0.6) is 0 Å². The lowest BCUT2D eigenvalue weighted by molar-refractivity contribution is -0.146. The number of carbonyl (C=O) groups excluding carboxylic acids is 1. The first-order chi connectivity index (χ1) is 11.5. The normalized spacial score (nSPS) is 24.4. The Bertz CT molecular complexity index is 632. The zero-order chi connectivity index (χ0) is 17.3. The molecule has 0 aromatic carbocycles. The standard InChI is InChI=1S/C17H25N3O4/c1-19-14-7-8-20(10-13(14)18-15(19)16(21)22)9-11-3-5-12(6-4-11)17(23)24-2/h11-12H,3-10H2,1-2H3,(H,21,22)/t11-,12-. The largest absolute Gasteiger partial charge is 0.475 e. The topological polar surface area (TPSA) is 84.7 Å². The molecule has 0 spiro atoms. The van der Waals surface area contributed by atoms with E-state index < -0.39 is 5.97 Å². The number of hydrogen-bond acceptors (Lipinski definition) is 5. The molecule has 3 rings (SSSR count). The number of rotatable bonds is 4. The van der Waals surface area contributed by atoms with E-state index in [1.54, 1.807) is 11.6 Å². The van der Waals surface area contributed by atoms with Gasteiger partial charge in [0.05, 0.1) is 18.7 Å². The average molecular weight is 335 g/mol. The van der Waals surface area contributed by atoms with Gasteiger partial charge in [-0.3, -0.25) is 9.69 Å². The number of aromatic carboxylic acids is 1. The molecule has 1 aromatic heterocycles. The van der Waals surface area contributed by atoms with Crippen LogP contribution in [0.4, 0.5) is 0 Å². The van der Waals surface area contributed by atoms with Crippen LogP contribution in [0.25, 0.3) is 0 Å². The number of hydrogen-bond donors (Lipinski definition) is 1. The van der Waals surface area contributed by atoms with Crippen LogP contribution in [0.3, 0.4) is 0 Å². The summed E-state index contributed by atoms with van der Waals surface area (Å²) in [5.74, 6) is -0.269. The lowest BCUT2D eigenvalue weighted by atomic mass is 9.81. The SMILES string of the molecule is COC(=O)[C@H]1CC[C@H](CN2CCc3c(nc(C(=O)O)n3C)C2)CC1. The number of carbonyl (C=O) groups is 2. The number of nitrogens with zero attached hydrogens (tertiary/aromatic N) is 3. The van der Waals surface area contributed by atoms with Gasteiger partial charge < -0.3 is 14.4 Å². The molecule has 0 atom stereocenters. The van der Waals surface area contributed by atoms with Crippen molar-refractivity contribution in [3.8, 4) is 0 Å². The summed E-state index contributed by atoms with van der Waals surface area (Å²) in [5.41, 5.74) is 1.93. The summed E-state index contributed by atoms with van der Waals surface area (Å²) in [6, 6.07) is 0. The second-order valence-corrected chi connectivity index (χ2v) is 6.92. The molecule has 0 amide bonds. The van der Waals surface area contributed by atoms with Gasteiger partial charge in [0.25, 0.3) is 0 Å². The predicted octanol–water partition coefficient (Wildman–Crippen LogP) is 1.46. The van der Waals surface area contributed by atoms with Gasteiger partial charge in [-0.15, -0.1) is 0 Å². The van der Waals surface area contributed by atoms with Crippen LogP contribution in [0.15, 0.2) is 0 Å². The molecule has 1 aromatic rings. The van der Waals surface area contributed by atoms with Crippen LogP contribution in [-0.4, -0.2) is 51.7 Å². The summed E-state index contributed by atoms with van der Waals surface area (Å²) in [4.78, 5) is 29.5. The quantitative estimate of drug-likeness (QED) is 0.839. The first kappa shape index (κ1) is 17.0. The van der Waals surface area contributed by atoms with Crippen molar-refractivity contribution in [3.05, 3.63) is 17.2 Å². The number of esters is 1. The van der Waals surface area contributed by atoms with Crippen LogP contribution >= 0.6 is 0 Å². The summed E-state index contributed by atoms with van der Waals surface area (Å²) < 4.78 is 6.54. The molecule has 0 saturated heterocycles. The van der Waals surface area contributed by atoms with E-state index in [0.29, 0.717) is 12.5 Å². The molecular weight excluding hydrogens is 310 g/mol. The summed E-state index contributed by atoms with van der Waals surface area (Å²) in [7, 11) is 3.23. The highest BCUT2D eigenvalue weighted by Crippen LogP contribution is 2.31. The van der Waals surface area contributed by atoms with Crippen molar-refractivity contribution in [2.45, 2.75) is 38.6 Å². The molecule has 2 heterocycles. The molecule has 7 heteroatoms. The number of carboxylic acids is 1. The second-order valence-electron chi connectivity index (χ2n) is 6.92. The molecule has 0 unspecified atom stereocenters. The van der Waals surface area contributed by atoms with Gasteiger partial charge in [0, 0.05) is 38.8 Å². The number of methoxy groups -OCH3 is 1. The third-order valence-electron chi connectivity index (χ3n) is 5.42. The fraction of sp³-hybridized carbons (Fsp3) is 0.706. The molecule has 24 heavy (non-hydrogen) atoms. The molecule has 0 radical (unpaired) electrons. The van der Waals surface area contributed by atoms with Crippen molar-refractivity contribution >= 4 is 11.9 Å². The van der Waals surface area contributed by atoms with Crippen LogP contribution < -0.4 is 0 Å². The maximum absolute atomic E-state index is 11.6. The van der Waals surface area contributed by atoms with E-state index in [-0.39, 0.29) is 17.7 Å². The van der Waals surface area contributed by atoms with Gasteiger partial charge in [-0.2, -0.15) is 0 Å². The number of imidazole rings is 1. The molecule has 1 saturated carbocycles. The van der Waals surface area contributed by atoms with Crippen LogP contribution in [0, 0.1) is 11.8 Å². The number of fused-ring (bicyclic) bond motifs is 1. The van der Waals surface area contributed by atoms with Gasteiger partial charge in [0.15, 0.2) is 0 Å². The predicted molar refractivity (Wildman–Crippen MR) is 86.6 cm³/mol. The Labute approximate surface area is 141 Å². The molecular formula is C17H25N3O4. The molecule has 132 valence electrons. The van der Waals surface area contributed by atoms with E-state index in [4.69, 9.17) is 4.74 Å². The van der Waals surface area contributed by atoms with Gasteiger partial charge in [-0.25, -0.2) is 9.78 Å². The van der Waals surface area contributed by atoms with Crippen molar-refractivity contribution in [2.24, 2.45) is 18.9 Å². The lowest BCUT2D eigenvalue weighted by Crippen LogP contribution is -2.36. The van der Waals surface area contributed by atoms with Crippen LogP contribution in [-0.2, 0) is 29.5 Å². The number of ether oxygens (including phenoxy) is 1. The Morgan fingerprint density at radius 2 is 2.00 bits per heavy atom. The van der Waals surface area contributed by atoms with Crippen molar-refractivity contribution in [2.75, 3.05) is 20.2 Å². The van der Waals surface area contributed by atoms with E-state index >= 15 is 0 Å². The Kier molecular flexibility index (Phi) is 4.89. The fourth-order valence-corrected chi connectivity index (χ4v) is 4.04. The first-order valence-electron chi connectivity index (χ1n) is 8.57. The van der Waals surface area contributed by atoms with Crippen molar-refractivity contribution in [1.82, 2.24) is 14.5 Å². The van der Waals surface area contributed by atoms with E-state index in [2.05, 4.69) is 9.88 Å². The van der Waals surface area contributed by atoms with E-state index in [0.717, 1.165) is 56.6 Å². The minimum atomic E-state index is -0.973. The molecule has 1 fully saturated rings. The lowest BCUT2D eigenvalue weighted by Gasteiger charge is -2.33. The third kappa shape index (κ3) is 3.31. The number of carboxylic acid groups (broad SMARTS) is 1. The van der Waals surface area contributed by atoms with E-state index in [1.807, 2.05) is 0 Å². The minimum absolute atomic E-state index is 0.0631. The van der Waals surface area contributed by atoms with Crippen molar-refractivity contribution < 1.29 is 19.4 Å². The van der Waals surface area contributed by atoms with Crippen LogP contribution in [0.2, 0.25) is 0 Å². The van der Waals surface area contributed by atoms with E-state index in [9.17, 15) is 14.7 Å². The van der Waals surface area contributed by atoms with Gasteiger partial charge in [-0.05, 0) is 31.6 Å².